The van der Waals surface area contributed by atoms with Gasteiger partial charge in [-0.05, 0) is 38.4 Å². The molecule has 0 heterocycles. The molecule has 0 saturated heterocycles. The third kappa shape index (κ3) is 8.33. The van der Waals surface area contributed by atoms with E-state index in [1.165, 1.54) is 6.08 Å². The van der Waals surface area contributed by atoms with Crippen molar-refractivity contribution in [1.82, 2.24) is 10.6 Å². The smallest absolute Gasteiger partial charge is 0.408 e. The van der Waals surface area contributed by atoms with Gasteiger partial charge >= 0.3 is 12.1 Å². The van der Waals surface area contributed by atoms with Crippen molar-refractivity contribution < 1.29 is 19.1 Å². The van der Waals surface area contributed by atoms with Gasteiger partial charge in [0.1, 0.15) is 19.3 Å². The fourth-order valence-corrected chi connectivity index (χ4v) is 2.05. The van der Waals surface area contributed by atoms with Gasteiger partial charge in [-0.1, -0.05) is 43.0 Å². The molecule has 6 nitrogen and oxygen atoms in total. The molecule has 6 heteroatoms. The largest absolute Gasteiger partial charge is 0.460 e. The number of amides is 1. The number of benzene rings is 1. The summed E-state index contributed by atoms with van der Waals surface area (Å²) < 4.78 is 10.2. The number of esters is 1. The number of rotatable bonds is 11. The Hall–Kier alpha value is -2.34. The molecule has 1 amide bonds. The Balaban J connectivity index is 2.46. The fraction of sp³-hybridized carbons (Fsp3) is 0.444. The van der Waals surface area contributed by atoms with Crippen LogP contribution in [0, 0.1) is 0 Å². The zero-order valence-corrected chi connectivity index (χ0v) is 14.1. The van der Waals surface area contributed by atoms with Crippen molar-refractivity contribution in [2.24, 2.45) is 0 Å². The van der Waals surface area contributed by atoms with Crippen LogP contribution in [0.5, 0.6) is 0 Å². The average molecular weight is 334 g/mol. The summed E-state index contributed by atoms with van der Waals surface area (Å²) in [6.45, 7) is 4.63. The molecule has 0 spiro atoms. The van der Waals surface area contributed by atoms with Gasteiger partial charge < -0.3 is 20.1 Å². The minimum absolute atomic E-state index is 0.118. The summed E-state index contributed by atoms with van der Waals surface area (Å²) in [4.78, 5) is 23.9. The molecule has 0 aliphatic carbocycles. The zero-order chi connectivity index (χ0) is 17.6. The first-order valence-electron chi connectivity index (χ1n) is 8.06. The van der Waals surface area contributed by atoms with E-state index >= 15 is 0 Å². The van der Waals surface area contributed by atoms with Crippen LogP contribution in [0.4, 0.5) is 4.79 Å². The molecular formula is C18H26N2O4. The summed E-state index contributed by atoms with van der Waals surface area (Å²) in [6.07, 6.45) is 3.05. The van der Waals surface area contributed by atoms with Crippen molar-refractivity contribution in [3.05, 3.63) is 48.6 Å². The molecule has 0 unspecified atom stereocenters. The topological polar surface area (TPSA) is 76.7 Å². The summed E-state index contributed by atoms with van der Waals surface area (Å²) >= 11 is 0. The molecule has 1 aromatic rings. The van der Waals surface area contributed by atoms with Crippen LogP contribution in [0.25, 0.3) is 0 Å². The second-order valence-corrected chi connectivity index (χ2v) is 5.28. The predicted molar refractivity (Wildman–Crippen MR) is 92.5 cm³/mol. The minimum atomic E-state index is -0.718. The van der Waals surface area contributed by atoms with Crippen LogP contribution >= 0.6 is 0 Å². The third-order valence-corrected chi connectivity index (χ3v) is 3.30. The molecule has 0 fully saturated rings. The third-order valence-electron chi connectivity index (χ3n) is 3.30. The molecule has 0 aromatic heterocycles. The Morgan fingerprint density at radius 1 is 1.21 bits per heavy atom. The molecule has 1 atom stereocenters. The second kappa shape index (κ2) is 12.1. The average Bonchev–Trinajstić information content (AvgIpc) is 2.61. The van der Waals surface area contributed by atoms with Gasteiger partial charge in [-0.2, -0.15) is 0 Å². The van der Waals surface area contributed by atoms with Gasteiger partial charge in [-0.25, -0.2) is 9.59 Å². The first-order valence-corrected chi connectivity index (χ1v) is 8.06. The lowest BCUT2D eigenvalue weighted by Gasteiger charge is -2.17. The number of alkyl carbamates (subject to hydrolysis) is 1. The molecule has 2 N–H and O–H groups in total. The van der Waals surface area contributed by atoms with Crippen molar-refractivity contribution in [3.63, 3.8) is 0 Å². The van der Waals surface area contributed by atoms with Gasteiger partial charge in [0.15, 0.2) is 0 Å². The molecule has 24 heavy (non-hydrogen) atoms. The highest BCUT2D eigenvalue weighted by atomic mass is 16.6. The molecule has 0 radical (unpaired) electrons. The van der Waals surface area contributed by atoms with Crippen molar-refractivity contribution in [2.45, 2.75) is 31.9 Å². The molecule has 1 aromatic carbocycles. The van der Waals surface area contributed by atoms with Crippen molar-refractivity contribution >= 4 is 12.1 Å². The summed E-state index contributed by atoms with van der Waals surface area (Å²) in [5.74, 6) is -0.476. The lowest BCUT2D eigenvalue weighted by atomic mass is 10.1. The van der Waals surface area contributed by atoms with Crippen molar-refractivity contribution in [2.75, 3.05) is 20.2 Å². The highest BCUT2D eigenvalue weighted by Crippen LogP contribution is 2.05. The van der Waals surface area contributed by atoms with E-state index < -0.39 is 18.1 Å². The highest BCUT2D eigenvalue weighted by Gasteiger charge is 2.22. The van der Waals surface area contributed by atoms with E-state index in [9.17, 15) is 9.59 Å². The van der Waals surface area contributed by atoms with Crippen LogP contribution in [-0.2, 0) is 20.9 Å². The van der Waals surface area contributed by atoms with E-state index in [0.29, 0.717) is 6.42 Å². The summed E-state index contributed by atoms with van der Waals surface area (Å²) in [7, 11) is 1.87. The maximum absolute atomic E-state index is 12.0. The SMILES string of the molecule is C=CCOC(=O)[C@H](CCCCNC)NC(=O)OCc1ccccc1. The number of ether oxygens (including phenoxy) is 2. The zero-order valence-electron chi connectivity index (χ0n) is 14.1. The predicted octanol–water partition coefficient (Wildman–Crippen LogP) is 2.40. The van der Waals surface area contributed by atoms with E-state index in [0.717, 1.165) is 24.9 Å². The Labute approximate surface area is 143 Å². The number of hydrogen-bond acceptors (Lipinski definition) is 5. The fourth-order valence-electron chi connectivity index (χ4n) is 2.05. The molecule has 0 aliphatic heterocycles. The summed E-state index contributed by atoms with van der Waals surface area (Å²) in [6, 6.07) is 8.63. The van der Waals surface area contributed by atoms with E-state index in [4.69, 9.17) is 9.47 Å². The number of unbranched alkanes of at least 4 members (excludes halogenated alkanes) is 1. The lowest BCUT2D eigenvalue weighted by molar-refractivity contribution is -0.145. The molecule has 1 rings (SSSR count). The van der Waals surface area contributed by atoms with Crippen LogP contribution in [-0.4, -0.2) is 38.3 Å². The maximum atomic E-state index is 12.0. The number of carbonyl (C=O) groups excluding carboxylic acids is 2. The van der Waals surface area contributed by atoms with Gasteiger partial charge in [0.05, 0.1) is 0 Å². The minimum Gasteiger partial charge on any atom is -0.460 e. The summed E-state index contributed by atoms with van der Waals surface area (Å²) in [5.41, 5.74) is 0.882. The quantitative estimate of drug-likeness (QED) is 0.369. The Bertz CT molecular complexity index is 505. The van der Waals surface area contributed by atoms with Gasteiger partial charge in [-0.15, -0.1) is 0 Å². The van der Waals surface area contributed by atoms with Gasteiger partial charge in [-0.3, -0.25) is 0 Å². The molecule has 0 bridgehead atoms. The lowest BCUT2D eigenvalue weighted by Crippen LogP contribution is -2.42. The van der Waals surface area contributed by atoms with Crippen LogP contribution in [0.3, 0.4) is 0 Å². The van der Waals surface area contributed by atoms with Crippen LogP contribution < -0.4 is 10.6 Å². The molecular weight excluding hydrogens is 308 g/mol. The van der Waals surface area contributed by atoms with E-state index in [1.807, 2.05) is 37.4 Å². The second-order valence-electron chi connectivity index (χ2n) is 5.28. The highest BCUT2D eigenvalue weighted by molar-refractivity contribution is 5.81. The van der Waals surface area contributed by atoms with E-state index in [1.54, 1.807) is 0 Å². The first-order chi connectivity index (χ1) is 11.7. The van der Waals surface area contributed by atoms with E-state index in [-0.39, 0.29) is 13.2 Å². The number of nitrogens with one attached hydrogen (secondary N) is 2. The number of carbonyl (C=O) groups is 2. The first kappa shape index (κ1) is 19.7. The maximum Gasteiger partial charge on any atom is 0.408 e. The summed E-state index contributed by atoms with van der Waals surface area (Å²) in [5, 5.41) is 5.63. The molecule has 132 valence electrons. The Morgan fingerprint density at radius 2 is 1.96 bits per heavy atom. The Kier molecular flexibility index (Phi) is 9.96. The molecule has 0 aliphatic rings. The number of hydrogen-bond donors (Lipinski definition) is 2. The van der Waals surface area contributed by atoms with Gasteiger partial charge in [0.25, 0.3) is 0 Å². The van der Waals surface area contributed by atoms with Crippen LogP contribution in [0.15, 0.2) is 43.0 Å². The molecule has 0 saturated carbocycles. The Morgan fingerprint density at radius 3 is 2.62 bits per heavy atom. The van der Waals surface area contributed by atoms with Gasteiger partial charge in [0.2, 0.25) is 0 Å². The van der Waals surface area contributed by atoms with Crippen LogP contribution in [0.2, 0.25) is 0 Å². The van der Waals surface area contributed by atoms with Crippen molar-refractivity contribution in [3.8, 4) is 0 Å². The van der Waals surface area contributed by atoms with Crippen LogP contribution in [0.1, 0.15) is 24.8 Å². The monoisotopic (exact) mass is 334 g/mol. The van der Waals surface area contributed by atoms with Crippen molar-refractivity contribution in [1.29, 1.82) is 0 Å². The van der Waals surface area contributed by atoms with Gasteiger partial charge in [0, 0.05) is 0 Å². The standard InChI is InChI=1S/C18H26N2O4/c1-3-13-23-17(21)16(11-7-8-12-19-2)20-18(22)24-14-15-9-5-4-6-10-15/h3-6,9-10,16,19H,1,7-8,11-14H2,2H3,(H,20,22)/t16-/m0/s1. The normalized spacial score (nSPS) is 11.4. The van der Waals surface area contributed by atoms with E-state index in [2.05, 4.69) is 17.2 Å².